The SMILES string of the molecule is CN(C)C(=O)CNC(=O)C(=O)NC1(Cc2ccc(Cl)cc2Cl)CCC1. The molecule has 0 heterocycles. The highest BCUT2D eigenvalue weighted by Crippen LogP contribution is 2.37. The molecule has 0 spiro atoms. The summed E-state index contributed by atoms with van der Waals surface area (Å²) in [7, 11) is 3.15. The van der Waals surface area contributed by atoms with E-state index in [9.17, 15) is 14.4 Å². The first-order chi connectivity index (χ1) is 11.7. The Kier molecular flexibility index (Phi) is 6.30. The van der Waals surface area contributed by atoms with E-state index in [0.29, 0.717) is 16.5 Å². The van der Waals surface area contributed by atoms with Crippen LogP contribution in [0.15, 0.2) is 18.2 Å². The average Bonchev–Trinajstić information content (AvgIpc) is 2.52. The molecule has 1 aliphatic carbocycles. The maximum absolute atomic E-state index is 12.2. The van der Waals surface area contributed by atoms with Crippen LogP contribution in [-0.2, 0) is 20.8 Å². The summed E-state index contributed by atoms with van der Waals surface area (Å²) in [5.41, 5.74) is 0.381. The Morgan fingerprint density at radius 1 is 1.16 bits per heavy atom. The van der Waals surface area contributed by atoms with Gasteiger partial charge in [0.05, 0.1) is 6.54 Å². The highest BCUT2D eigenvalue weighted by atomic mass is 35.5. The van der Waals surface area contributed by atoms with Crippen molar-refractivity contribution in [1.82, 2.24) is 15.5 Å². The number of benzene rings is 1. The van der Waals surface area contributed by atoms with Crippen molar-refractivity contribution in [2.45, 2.75) is 31.2 Å². The van der Waals surface area contributed by atoms with Gasteiger partial charge in [-0.3, -0.25) is 14.4 Å². The molecule has 0 aliphatic heterocycles. The standard InChI is InChI=1S/C17H21Cl2N3O3/c1-22(2)14(23)10-20-15(24)16(25)21-17(6-3-7-17)9-11-4-5-12(18)8-13(11)19/h4-5,8H,3,6-7,9-10H2,1-2H3,(H,20,24)(H,21,25). The van der Waals surface area contributed by atoms with Crippen molar-refractivity contribution in [3.8, 4) is 0 Å². The van der Waals surface area contributed by atoms with E-state index in [-0.39, 0.29) is 12.5 Å². The van der Waals surface area contributed by atoms with Crippen LogP contribution in [0.1, 0.15) is 24.8 Å². The van der Waals surface area contributed by atoms with Gasteiger partial charge in [-0.05, 0) is 43.4 Å². The van der Waals surface area contributed by atoms with Crippen LogP contribution in [0.25, 0.3) is 0 Å². The molecule has 2 rings (SSSR count). The van der Waals surface area contributed by atoms with E-state index >= 15 is 0 Å². The molecule has 0 unspecified atom stereocenters. The highest BCUT2D eigenvalue weighted by molar-refractivity contribution is 6.36. The number of amides is 3. The average molecular weight is 386 g/mol. The molecule has 0 atom stereocenters. The molecule has 0 aromatic heterocycles. The fraction of sp³-hybridized carbons (Fsp3) is 0.471. The first kappa shape index (κ1) is 19.5. The van der Waals surface area contributed by atoms with Crippen LogP contribution in [0.5, 0.6) is 0 Å². The van der Waals surface area contributed by atoms with Crippen LogP contribution in [-0.4, -0.2) is 48.8 Å². The smallest absolute Gasteiger partial charge is 0.309 e. The van der Waals surface area contributed by atoms with Crippen molar-refractivity contribution in [2.75, 3.05) is 20.6 Å². The molecule has 1 aromatic rings. The summed E-state index contributed by atoms with van der Waals surface area (Å²) in [5, 5.41) is 6.22. The second-order valence-electron chi connectivity index (χ2n) is 6.47. The van der Waals surface area contributed by atoms with Crippen molar-refractivity contribution in [3.63, 3.8) is 0 Å². The first-order valence-corrected chi connectivity index (χ1v) is 8.72. The quantitative estimate of drug-likeness (QED) is 0.758. The van der Waals surface area contributed by atoms with E-state index in [1.807, 2.05) is 6.07 Å². The fourth-order valence-corrected chi connectivity index (χ4v) is 3.15. The van der Waals surface area contributed by atoms with Crippen LogP contribution in [0, 0.1) is 0 Å². The van der Waals surface area contributed by atoms with E-state index in [0.717, 1.165) is 24.8 Å². The predicted octanol–water partition coefficient (Wildman–Crippen LogP) is 1.78. The summed E-state index contributed by atoms with van der Waals surface area (Å²) in [5.74, 6) is -1.84. The minimum Gasteiger partial charge on any atom is -0.347 e. The van der Waals surface area contributed by atoms with Crippen LogP contribution < -0.4 is 10.6 Å². The zero-order valence-corrected chi connectivity index (χ0v) is 15.7. The van der Waals surface area contributed by atoms with Crippen LogP contribution in [0.4, 0.5) is 0 Å². The highest BCUT2D eigenvalue weighted by Gasteiger charge is 2.40. The predicted molar refractivity (Wildman–Crippen MR) is 96.6 cm³/mol. The fourth-order valence-electron chi connectivity index (χ4n) is 2.67. The number of hydrogen-bond donors (Lipinski definition) is 2. The van der Waals surface area contributed by atoms with Gasteiger partial charge in [-0.2, -0.15) is 0 Å². The molecule has 1 aromatic carbocycles. The molecule has 0 bridgehead atoms. The van der Waals surface area contributed by atoms with Crippen molar-refractivity contribution >= 4 is 40.9 Å². The van der Waals surface area contributed by atoms with Crippen molar-refractivity contribution in [3.05, 3.63) is 33.8 Å². The van der Waals surface area contributed by atoms with Gasteiger partial charge in [0.25, 0.3) is 0 Å². The Labute approximate surface area is 156 Å². The van der Waals surface area contributed by atoms with Gasteiger partial charge in [0.2, 0.25) is 5.91 Å². The topological polar surface area (TPSA) is 78.5 Å². The van der Waals surface area contributed by atoms with Gasteiger partial charge in [0, 0.05) is 29.7 Å². The molecule has 25 heavy (non-hydrogen) atoms. The Morgan fingerprint density at radius 3 is 2.36 bits per heavy atom. The van der Waals surface area contributed by atoms with Gasteiger partial charge in [-0.1, -0.05) is 29.3 Å². The molecule has 8 heteroatoms. The molecule has 3 amide bonds. The molecule has 2 N–H and O–H groups in total. The molecular weight excluding hydrogens is 365 g/mol. The van der Waals surface area contributed by atoms with Crippen molar-refractivity contribution < 1.29 is 14.4 Å². The maximum Gasteiger partial charge on any atom is 0.309 e. The van der Waals surface area contributed by atoms with E-state index in [4.69, 9.17) is 23.2 Å². The normalized spacial score (nSPS) is 15.0. The Balaban J connectivity index is 1.97. The molecule has 0 radical (unpaired) electrons. The summed E-state index contributed by atoms with van der Waals surface area (Å²) >= 11 is 12.1. The molecule has 136 valence electrons. The molecule has 1 saturated carbocycles. The van der Waals surface area contributed by atoms with E-state index in [1.165, 1.54) is 4.90 Å². The van der Waals surface area contributed by atoms with Crippen LogP contribution >= 0.6 is 23.2 Å². The number of nitrogens with one attached hydrogen (secondary N) is 2. The summed E-state index contributed by atoms with van der Waals surface area (Å²) in [4.78, 5) is 36.9. The van der Waals surface area contributed by atoms with Crippen molar-refractivity contribution in [1.29, 1.82) is 0 Å². The molecule has 0 saturated heterocycles. The zero-order valence-electron chi connectivity index (χ0n) is 14.2. The van der Waals surface area contributed by atoms with E-state index in [1.54, 1.807) is 26.2 Å². The van der Waals surface area contributed by atoms with Crippen LogP contribution in [0.2, 0.25) is 10.0 Å². The number of carbonyl (C=O) groups excluding carboxylic acids is 3. The molecular formula is C17H21Cl2N3O3. The summed E-state index contributed by atoms with van der Waals surface area (Å²) in [6.45, 7) is -0.213. The summed E-state index contributed by atoms with van der Waals surface area (Å²) < 4.78 is 0. The first-order valence-electron chi connectivity index (χ1n) is 7.97. The number of halogens is 2. The number of rotatable bonds is 5. The Hall–Kier alpha value is -1.79. The minimum atomic E-state index is -0.816. The Morgan fingerprint density at radius 2 is 1.84 bits per heavy atom. The third-order valence-electron chi connectivity index (χ3n) is 4.34. The largest absolute Gasteiger partial charge is 0.347 e. The maximum atomic E-state index is 12.2. The lowest BCUT2D eigenvalue weighted by Crippen LogP contribution is -2.58. The van der Waals surface area contributed by atoms with Crippen LogP contribution in [0.3, 0.4) is 0 Å². The third-order valence-corrected chi connectivity index (χ3v) is 4.93. The number of likely N-dealkylation sites (N-methyl/N-ethyl adjacent to an activating group) is 1. The van der Waals surface area contributed by atoms with Gasteiger partial charge in [0.1, 0.15) is 0 Å². The van der Waals surface area contributed by atoms with Gasteiger partial charge >= 0.3 is 11.8 Å². The van der Waals surface area contributed by atoms with E-state index < -0.39 is 17.4 Å². The lowest BCUT2D eigenvalue weighted by atomic mass is 9.72. The monoisotopic (exact) mass is 385 g/mol. The van der Waals surface area contributed by atoms with E-state index in [2.05, 4.69) is 10.6 Å². The zero-order chi connectivity index (χ0) is 18.6. The molecule has 1 fully saturated rings. The lowest BCUT2D eigenvalue weighted by Gasteiger charge is -2.42. The number of hydrogen-bond acceptors (Lipinski definition) is 3. The second-order valence-corrected chi connectivity index (χ2v) is 7.31. The minimum absolute atomic E-state index is 0.213. The second kappa shape index (κ2) is 8.06. The van der Waals surface area contributed by atoms with Gasteiger partial charge in [-0.15, -0.1) is 0 Å². The number of nitrogens with zero attached hydrogens (tertiary/aromatic N) is 1. The molecule has 1 aliphatic rings. The van der Waals surface area contributed by atoms with Gasteiger partial charge in [-0.25, -0.2) is 0 Å². The summed E-state index contributed by atoms with van der Waals surface area (Å²) in [6, 6.07) is 5.23. The third kappa shape index (κ3) is 5.09. The molecule has 6 nitrogen and oxygen atoms in total. The van der Waals surface area contributed by atoms with Gasteiger partial charge in [0.15, 0.2) is 0 Å². The number of carbonyl (C=O) groups is 3. The summed E-state index contributed by atoms with van der Waals surface area (Å²) in [6.07, 6.45) is 3.02. The van der Waals surface area contributed by atoms with Crippen molar-refractivity contribution in [2.24, 2.45) is 0 Å². The lowest BCUT2D eigenvalue weighted by molar-refractivity contribution is -0.142. The van der Waals surface area contributed by atoms with Gasteiger partial charge < -0.3 is 15.5 Å². The Bertz CT molecular complexity index is 688.